The van der Waals surface area contributed by atoms with E-state index in [1.807, 2.05) is 13.2 Å². The van der Waals surface area contributed by atoms with Crippen LogP contribution in [0.4, 0.5) is 0 Å². The van der Waals surface area contributed by atoms with Crippen molar-refractivity contribution in [2.75, 3.05) is 25.6 Å². The quantitative estimate of drug-likeness (QED) is 0.668. The van der Waals surface area contributed by atoms with Gasteiger partial charge in [-0.25, -0.2) is 13.1 Å². The van der Waals surface area contributed by atoms with Crippen molar-refractivity contribution < 1.29 is 8.42 Å². The van der Waals surface area contributed by atoms with Gasteiger partial charge in [0.1, 0.15) is 0 Å². The third-order valence-corrected chi connectivity index (χ3v) is 4.84. The zero-order valence-corrected chi connectivity index (χ0v) is 11.5. The zero-order valence-electron chi connectivity index (χ0n) is 9.91. The lowest BCUT2D eigenvalue weighted by Crippen LogP contribution is -2.43. The van der Waals surface area contributed by atoms with Gasteiger partial charge in [-0.2, -0.15) is 11.8 Å². The lowest BCUT2D eigenvalue weighted by Gasteiger charge is -2.19. The summed E-state index contributed by atoms with van der Waals surface area (Å²) in [6, 6.07) is 0.0457. The first-order valence-electron chi connectivity index (χ1n) is 5.12. The molecule has 2 N–H and O–H groups in total. The van der Waals surface area contributed by atoms with E-state index < -0.39 is 15.3 Å². The summed E-state index contributed by atoms with van der Waals surface area (Å²) in [4.78, 5) is 0. The second-order valence-electron chi connectivity index (χ2n) is 3.59. The molecule has 0 aromatic carbocycles. The molecule has 0 aliphatic rings. The molecule has 0 aromatic rings. The highest BCUT2D eigenvalue weighted by Gasteiger charge is 2.22. The summed E-state index contributed by atoms with van der Waals surface area (Å²) in [5.74, 6) is 0.821. The van der Waals surface area contributed by atoms with Crippen LogP contribution in [0.25, 0.3) is 0 Å². The van der Waals surface area contributed by atoms with E-state index in [9.17, 15) is 8.42 Å². The third-order valence-electron chi connectivity index (χ3n) is 2.21. The van der Waals surface area contributed by atoms with Crippen LogP contribution in [0.2, 0.25) is 0 Å². The Hall–Kier alpha value is 0.220. The minimum atomic E-state index is -3.18. The Bertz CT molecular complexity index is 255. The van der Waals surface area contributed by atoms with Crippen LogP contribution in [0.5, 0.6) is 0 Å². The van der Waals surface area contributed by atoms with Crippen LogP contribution in [0, 0.1) is 0 Å². The van der Waals surface area contributed by atoms with Gasteiger partial charge in [-0.1, -0.05) is 6.92 Å². The third kappa shape index (κ3) is 5.75. The molecular formula is C9H22N2O2S2. The normalized spacial score (nSPS) is 16.3. The maximum absolute atomic E-state index is 11.8. The fourth-order valence-electron chi connectivity index (χ4n) is 1.18. The van der Waals surface area contributed by atoms with Gasteiger partial charge in [0.25, 0.3) is 0 Å². The highest BCUT2D eigenvalue weighted by Crippen LogP contribution is 2.05. The van der Waals surface area contributed by atoms with Crippen molar-refractivity contribution in [1.29, 1.82) is 0 Å². The fourth-order valence-corrected chi connectivity index (χ4v) is 3.34. The van der Waals surface area contributed by atoms with E-state index in [0.29, 0.717) is 6.54 Å². The van der Waals surface area contributed by atoms with Gasteiger partial charge in [0.15, 0.2) is 0 Å². The van der Waals surface area contributed by atoms with E-state index >= 15 is 0 Å². The first kappa shape index (κ1) is 15.2. The van der Waals surface area contributed by atoms with Gasteiger partial charge < -0.3 is 5.32 Å². The molecule has 15 heavy (non-hydrogen) atoms. The smallest absolute Gasteiger partial charge is 0.215 e. The summed E-state index contributed by atoms with van der Waals surface area (Å²) >= 11 is 1.66. The van der Waals surface area contributed by atoms with Crippen molar-refractivity contribution in [1.82, 2.24) is 10.0 Å². The average molecular weight is 254 g/mol. The standard InChI is InChI=1S/C9H22N2O2S2/c1-5-9(7-14-4)11-15(12,13)8(2)6-10-3/h8-11H,5-7H2,1-4H3. The summed E-state index contributed by atoms with van der Waals surface area (Å²) < 4.78 is 26.3. The Kier molecular flexibility index (Phi) is 7.60. The lowest BCUT2D eigenvalue weighted by molar-refractivity contribution is 0.542. The molecule has 2 unspecified atom stereocenters. The summed E-state index contributed by atoms with van der Waals surface area (Å²) in [6.45, 7) is 4.18. The molecule has 0 aliphatic heterocycles. The van der Waals surface area contributed by atoms with Crippen LogP contribution in [0.3, 0.4) is 0 Å². The van der Waals surface area contributed by atoms with Crippen molar-refractivity contribution >= 4 is 21.8 Å². The van der Waals surface area contributed by atoms with Crippen molar-refractivity contribution in [2.24, 2.45) is 0 Å². The number of nitrogens with one attached hydrogen (secondary N) is 2. The number of hydrogen-bond acceptors (Lipinski definition) is 4. The van der Waals surface area contributed by atoms with Crippen LogP contribution in [0.15, 0.2) is 0 Å². The number of thioether (sulfide) groups is 1. The summed E-state index contributed by atoms with van der Waals surface area (Å²) in [5, 5.41) is 2.48. The molecule has 0 aromatic heterocycles. The number of hydrogen-bond donors (Lipinski definition) is 2. The van der Waals surface area contributed by atoms with E-state index in [1.165, 1.54) is 0 Å². The van der Waals surface area contributed by atoms with Gasteiger partial charge in [0, 0.05) is 18.3 Å². The fraction of sp³-hybridized carbons (Fsp3) is 1.00. The largest absolute Gasteiger partial charge is 0.318 e. The Morgan fingerprint density at radius 1 is 1.40 bits per heavy atom. The zero-order chi connectivity index (χ0) is 11.9. The van der Waals surface area contributed by atoms with Gasteiger partial charge in [-0.15, -0.1) is 0 Å². The molecule has 0 saturated heterocycles. The van der Waals surface area contributed by atoms with Crippen molar-refractivity contribution in [3.63, 3.8) is 0 Å². The van der Waals surface area contributed by atoms with Gasteiger partial charge >= 0.3 is 0 Å². The van der Waals surface area contributed by atoms with Crippen molar-refractivity contribution in [3.05, 3.63) is 0 Å². The topological polar surface area (TPSA) is 58.2 Å². The Balaban J connectivity index is 4.33. The molecule has 6 heteroatoms. The molecule has 0 rings (SSSR count). The molecule has 0 spiro atoms. The summed E-state index contributed by atoms with van der Waals surface area (Å²) in [6.07, 6.45) is 2.81. The summed E-state index contributed by atoms with van der Waals surface area (Å²) in [7, 11) is -1.43. The number of rotatable bonds is 8. The van der Waals surface area contributed by atoms with Gasteiger partial charge in [-0.05, 0) is 26.6 Å². The highest BCUT2D eigenvalue weighted by atomic mass is 32.2. The van der Waals surface area contributed by atoms with Crippen LogP contribution >= 0.6 is 11.8 Å². The van der Waals surface area contributed by atoms with E-state index in [4.69, 9.17) is 0 Å². The Morgan fingerprint density at radius 2 is 2.00 bits per heavy atom. The molecule has 0 radical (unpaired) electrons. The maximum Gasteiger partial charge on any atom is 0.215 e. The molecule has 2 atom stereocenters. The molecule has 0 aliphatic carbocycles. The molecule has 0 saturated carbocycles. The molecule has 0 amide bonds. The van der Waals surface area contributed by atoms with Crippen molar-refractivity contribution in [3.8, 4) is 0 Å². The molecule has 0 heterocycles. The predicted molar refractivity (Wildman–Crippen MR) is 67.9 cm³/mol. The molecule has 0 bridgehead atoms. The Morgan fingerprint density at radius 3 is 2.40 bits per heavy atom. The monoisotopic (exact) mass is 254 g/mol. The second-order valence-corrected chi connectivity index (χ2v) is 6.63. The van der Waals surface area contributed by atoms with E-state index in [1.54, 1.807) is 25.7 Å². The average Bonchev–Trinajstić information content (AvgIpc) is 2.17. The van der Waals surface area contributed by atoms with Gasteiger partial charge in [0.2, 0.25) is 10.0 Å². The lowest BCUT2D eigenvalue weighted by atomic mass is 10.3. The van der Waals surface area contributed by atoms with Crippen LogP contribution in [0.1, 0.15) is 20.3 Å². The molecule has 92 valence electrons. The van der Waals surface area contributed by atoms with E-state index in [-0.39, 0.29) is 6.04 Å². The summed E-state index contributed by atoms with van der Waals surface area (Å²) in [5.41, 5.74) is 0. The van der Waals surface area contributed by atoms with Crippen LogP contribution < -0.4 is 10.0 Å². The minimum Gasteiger partial charge on any atom is -0.318 e. The molecular weight excluding hydrogens is 232 g/mol. The van der Waals surface area contributed by atoms with Gasteiger partial charge in [0.05, 0.1) is 5.25 Å². The minimum absolute atomic E-state index is 0.0457. The maximum atomic E-state index is 11.8. The Labute approximate surface area is 97.6 Å². The van der Waals surface area contributed by atoms with Crippen molar-refractivity contribution in [2.45, 2.75) is 31.6 Å². The first-order valence-corrected chi connectivity index (χ1v) is 8.06. The second kappa shape index (κ2) is 7.49. The molecule has 4 nitrogen and oxygen atoms in total. The predicted octanol–water partition coefficient (Wildman–Crippen LogP) is 0.655. The first-order chi connectivity index (χ1) is 6.97. The van der Waals surface area contributed by atoms with Crippen LogP contribution in [-0.4, -0.2) is 45.3 Å². The van der Waals surface area contributed by atoms with E-state index in [0.717, 1.165) is 12.2 Å². The SMILES string of the molecule is CCC(CSC)NS(=O)(=O)C(C)CNC. The number of sulfonamides is 1. The highest BCUT2D eigenvalue weighted by molar-refractivity contribution is 7.98. The van der Waals surface area contributed by atoms with Gasteiger partial charge in [-0.3, -0.25) is 0 Å². The molecule has 0 fully saturated rings. The van der Waals surface area contributed by atoms with E-state index in [2.05, 4.69) is 10.0 Å². The van der Waals surface area contributed by atoms with Crippen LogP contribution in [-0.2, 0) is 10.0 Å².